The molecule has 14 heavy (non-hydrogen) atoms. The van der Waals surface area contributed by atoms with E-state index in [9.17, 15) is 0 Å². The average Bonchev–Trinajstić information content (AvgIpc) is 2.17. The van der Waals surface area contributed by atoms with E-state index in [1.807, 2.05) is 0 Å². The van der Waals surface area contributed by atoms with Crippen LogP contribution in [-0.2, 0) is 0 Å². The maximum atomic E-state index is 5.98. The van der Waals surface area contributed by atoms with Gasteiger partial charge in [0.05, 0.1) is 0 Å². The molecule has 3 N–H and O–H groups in total. The maximum absolute atomic E-state index is 5.98. The van der Waals surface area contributed by atoms with Gasteiger partial charge in [-0.3, -0.25) is 0 Å². The molecule has 0 radical (unpaired) electrons. The molecule has 2 nitrogen and oxygen atoms in total. The molecule has 2 aliphatic carbocycles. The Morgan fingerprint density at radius 1 is 1.14 bits per heavy atom. The largest absolute Gasteiger partial charge is 0.328 e. The van der Waals surface area contributed by atoms with Crippen molar-refractivity contribution in [2.75, 3.05) is 0 Å². The molecule has 0 spiro atoms. The summed E-state index contributed by atoms with van der Waals surface area (Å²) < 4.78 is 0. The highest BCUT2D eigenvalue weighted by Crippen LogP contribution is 2.34. The summed E-state index contributed by atoms with van der Waals surface area (Å²) in [6, 6.07) is 1.94. The molecule has 2 fully saturated rings. The molecule has 0 aliphatic heterocycles. The predicted molar refractivity (Wildman–Crippen MR) is 60.1 cm³/mol. The molecule has 5 unspecified atom stereocenters. The van der Waals surface area contributed by atoms with Crippen molar-refractivity contribution in [2.24, 2.45) is 17.6 Å². The standard InChI is InChI=1S/C12H24N2/c1-8-6-12(9(8)2)14-11-5-3-4-10(13)7-11/h8-12,14H,3-7,13H2,1-2H3. The molecule has 0 amide bonds. The van der Waals surface area contributed by atoms with E-state index >= 15 is 0 Å². The van der Waals surface area contributed by atoms with Crippen LogP contribution in [0.25, 0.3) is 0 Å². The summed E-state index contributed by atoms with van der Waals surface area (Å²) in [5, 5.41) is 3.79. The molecule has 0 aromatic carbocycles. The average molecular weight is 196 g/mol. The summed E-state index contributed by atoms with van der Waals surface area (Å²) in [6.07, 6.45) is 6.44. The Morgan fingerprint density at radius 3 is 2.50 bits per heavy atom. The molecule has 0 heterocycles. The van der Waals surface area contributed by atoms with Crippen molar-refractivity contribution in [1.82, 2.24) is 5.32 Å². The van der Waals surface area contributed by atoms with E-state index in [1.165, 1.54) is 32.1 Å². The number of hydrogen-bond donors (Lipinski definition) is 2. The van der Waals surface area contributed by atoms with Crippen LogP contribution in [0.2, 0.25) is 0 Å². The van der Waals surface area contributed by atoms with Crippen LogP contribution in [0.4, 0.5) is 0 Å². The quantitative estimate of drug-likeness (QED) is 0.708. The third kappa shape index (κ3) is 2.12. The minimum absolute atomic E-state index is 0.453. The molecule has 0 saturated heterocycles. The fourth-order valence-corrected chi connectivity index (χ4v) is 2.93. The minimum atomic E-state index is 0.453. The Kier molecular flexibility index (Phi) is 3.13. The molecule has 0 aromatic heterocycles. The van der Waals surface area contributed by atoms with Crippen molar-refractivity contribution in [3.8, 4) is 0 Å². The Morgan fingerprint density at radius 2 is 1.93 bits per heavy atom. The van der Waals surface area contributed by atoms with Gasteiger partial charge < -0.3 is 11.1 Å². The SMILES string of the molecule is CC1CC(NC2CCCC(N)C2)C1C. The Bertz CT molecular complexity index is 193. The summed E-state index contributed by atoms with van der Waals surface area (Å²) in [5.74, 6) is 1.79. The zero-order valence-corrected chi connectivity index (χ0v) is 9.50. The van der Waals surface area contributed by atoms with Crippen LogP contribution in [0, 0.1) is 11.8 Å². The predicted octanol–water partition coefficient (Wildman–Crippen LogP) is 1.89. The van der Waals surface area contributed by atoms with Crippen LogP contribution in [0.1, 0.15) is 46.0 Å². The normalized spacial score (nSPS) is 48.6. The van der Waals surface area contributed by atoms with Crippen molar-refractivity contribution in [1.29, 1.82) is 0 Å². The van der Waals surface area contributed by atoms with Gasteiger partial charge in [0.25, 0.3) is 0 Å². The smallest absolute Gasteiger partial charge is 0.0100 e. The van der Waals surface area contributed by atoms with Gasteiger partial charge >= 0.3 is 0 Å². The molecule has 2 rings (SSSR count). The minimum Gasteiger partial charge on any atom is -0.328 e. The molecule has 2 saturated carbocycles. The lowest BCUT2D eigenvalue weighted by Gasteiger charge is -2.44. The lowest BCUT2D eigenvalue weighted by atomic mass is 9.71. The van der Waals surface area contributed by atoms with Crippen LogP contribution < -0.4 is 11.1 Å². The Labute approximate surface area is 87.6 Å². The zero-order valence-electron chi connectivity index (χ0n) is 9.50. The Balaban J connectivity index is 1.75. The van der Waals surface area contributed by atoms with Gasteiger partial charge in [-0.25, -0.2) is 0 Å². The lowest BCUT2D eigenvalue weighted by Crippen LogP contribution is -2.53. The van der Waals surface area contributed by atoms with Crippen LogP contribution in [0.3, 0.4) is 0 Å². The first-order valence-corrected chi connectivity index (χ1v) is 6.18. The van der Waals surface area contributed by atoms with Crippen molar-refractivity contribution in [3.63, 3.8) is 0 Å². The van der Waals surface area contributed by atoms with E-state index in [1.54, 1.807) is 0 Å². The number of rotatable bonds is 2. The van der Waals surface area contributed by atoms with Gasteiger partial charge in [-0.2, -0.15) is 0 Å². The molecule has 2 aliphatic rings. The molecular weight excluding hydrogens is 172 g/mol. The van der Waals surface area contributed by atoms with Crippen molar-refractivity contribution in [2.45, 2.75) is 64.1 Å². The molecule has 5 atom stereocenters. The van der Waals surface area contributed by atoms with Gasteiger partial charge in [0.15, 0.2) is 0 Å². The highest BCUT2D eigenvalue weighted by molar-refractivity contribution is 4.92. The fourth-order valence-electron chi connectivity index (χ4n) is 2.93. The van der Waals surface area contributed by atoms with E-state index in [0.29, 0.717) is 12.1 Å². The maximum Gasteiger partial charge on any atom is 0.0100 e. The van der Waals surface area contributed by atoms with Gasteiger partial charge in [0, 0.05) is 18.1 Å². The topological polar surface area (TPSA) is 38.0 Å². The Hall–Kier alpha value is -0.0800. The van der Waals surface area contributed by atoms with Gasteiger partial charge in [-0.15, -0.1) is 0 Å². The van der Waals surface area contributed by atoms with Gasteiger partial charge in [-0.05, 0) is 37.5 Å². The first-order chi connectivity index (χ1) is 6.66. The molecule has 0 bridgehead atoms. The first kappa shape index (κ1) is 10.4. The summed E-state index contributed by atoms with van der Waals surface area (Å²) in [6.45, 7) is 4.73. The van der Waals surface area contributed by atoms with Gasteiger partial charge in [-0.1, -0.05) is 20.3 Å². The first-order valence-electron chi connectivity index (χ1n) is 6.18. The summed E-state index contributed by atoms with van der Waals surface area (Å²) >= 11 is 0. The number of nitrogens with one attached hydrogen (secondary N) is 1. The molecule has 2 heteroatoms. The second-order valence-corrected chi connectivity index (χ2v) is 5.47. The third-order valence-electron chi connectivity index (χ3n) is 4.32. The summed E-state index contributed by atoms with van der Waals surface area (Å²) in [4.78, 5) is 0. The fraction of sp³-hybridized carbons (Fsp3) is 1.00. The second kappa shape index (κ2) is 4.19. The lowest BCUT2D eigenvalue weighted by molar-refractivity contribution is 0.116. The number of hydrogen-bond acceptors (Lipinski definition) is 2. The highest BCUT2D eigenvalue weighted by Gasteiger charge is 2.35. The summed E-state index contributed by atoms with van der Waals surface area (Å²) in [5.41, 5.74) is 5.98. The monoisotopic (exact) mass is 196 g/mol. The number of nitrogens with two attached hydrogens (primary N) is 1. The van der Waals surface area contributed by atoms with E-state index in [2.05, 4.69) is 19.2 Å². The molecule has 82 valence electrons. The van der Waals surface area contributed by atoms with E-state index in [-0.39, 0.29) is 0 Å². The van der Waals surface area contributed by atoms with Crippen LogP contribution in [0.15, 0.2) is 0 Å². The van der Waals surface area contributed by atoms with E-state index in [0.717, 1.165) is 17.9 Å². The molecule has 0 aromatic rings. The van der Waals surface area contributed by atoms with Gasteiger partial charge in [0.1, 0.15) is 0 Å². The van der Waals surface area contributed by atoms with E-state index in [4.69, 9.17) is 5.73 Å². The van der Waals surface area contributed by atoms with Gasteiger partial charge in [0.2, 0.25) is 0 Å². The van der Waals surface area contributed by atoms with Crippen LogP contribution >= 0.6 is 0 Å². The second-order valence-electron chi connectivity index (χ2n) is 5.47. The summed E-state index contributed by atoms with van der Waals surface area (Å²) in [7, 11) is 0. The van der Waals surface area contributed by atoms with Crippen LogP contribution in [-0.4, -0.2) is 18.1 Å². The van der Waals surface area contributed by atoms with E-state index < -0.39 is 0 Å². The molecular formula is C12H24N2. The van der Waals surface area contributed by atoms with Crippen molar-refractivity contribution < 1.29 is 0 Å². The third-order valence-corrected chi connectivity index (χ3v) is 4.32. The van der Waals surface area contributed by atoms with Crippen LogP contribution in [0.5, 0.6) is 0 Å². The van der Waals surface area contributed by atoms with Crippen molar-refractivity contribution in [3.05, 3.63) is 0 Å². The van der Waals surface area contributed by atoms with Crippen molar-refractivity contribution >= 4 is 0 Å². The zero-order chi connectivity index (χ0) is 10.1. The highest BCUT2D eigenvalue weighted by atomic mass is 15.0.